The van der Waals surface area contributed by atoms with Gasteiger partial charge in [0.05, 0.1) is 11.0 Å². The van der Waals surface area contributed by atoms with Gasteiger partial charge in [-0.25, -0.2) is 13.4 Å². The molecule has 0 amide bonds. The number of rotatable bonds is 5. The van der Waals surface area contributed by atoms with Crippen LogP contribution in [0.3, 0.4) is 0 Å². The Labute approximate surface area is 152 Å². The molecule has 1 atom stereocenters. The summed E-state index contributed by atoms with van der Waals surface area (Å²) in [6, 6.07) is 4.94. The zero-order valence-electron chi connectivity index (χ0n) is 14.0. The van der Waals surface area contributed by atoms with Gasteiger partial charge in [-0.05, 0) is 43.9 Å². The molecule has 3 heterocycles. The number of thioether (sulfide) groups is 1. The van der Waals surface area contributed by atoms with E-state index in [1.54, 1.807) is 22.5 Å². The second-order valence-corrected chi connectivity index (χ2v) is 9.43. The molecule has 0 saturated carbocycles. The SMILES string of the molecule is O=S(=O)(c1ccc2oc(SC[C@@H]3CCCO3)nc2c1)N1CCCCC1. The van der Waals surface area contributed by atoms with Crippen LogP contribution >= 0.6 is 11.8 Å². The van der Waals surface area contributed by atoms with Gasteiger partial charge >= 0.3 is 0 Å². The van der Waals surface area contributed by atoms with Gasteiger partial charge in [-0.15, -0.1) is 0 Å². The number of fused-ring (bicyclic) bond motifs is 1. The van der Waals surface area contributed by atoms with Crippen molar-refractivity contribution in [3.8, 4) is 0 Å². The van der Waals surface area contributed by atoms with Crippen LogP contribution in [0.1, 0.15) is 32.1 Å². The molecule has 2 aromatic rings. The number of piperidine rings is 1. The average molecular weight is 383 g/mol. The van der Waals surface area contributed by atoms with E-state index < -0.39 is 10.0 Å². The van der Waals surface area contributed by atoms with Crippen LogP contribution in [-0.2, 0) is 14.8 Å². The molecule has 0 radical (unpaired) electrons. The lowest BCUT2D eigenvalue weighted by atomic mass is 10.2. The number of aromatic nitrogens is 1. The number of sulfonamides is 1. The molecule has 2 fully saturated rings. The summed E-state index contributed by atoms with van der Waals surface area (Å²) >= 11 is 1.52. The second kappa shape index (κ2) is 7.26. The van der Waals surface area contributed by atoms with Crippen molar-refractivity contribution < 1.29 is 17.6 Å². The Kier molecular flexibility index (Phi) is 5.04. The number of oxazole rings is 1. The summed E-state index contributed by atoms with van der Waals surface area (Å²) in [5, 5.41) is 0.568. The van der Waals surface area contributed by atoms with Crippen LogP contribution in [0.5, 0.6) is 0 Å². The van der Waals surface area contributed by atoms with Crippen LogP contribution in [0, 0.1) is 0 Å². The maximum absolute atomic E-state index is 12.8. The predicted octanol–water partition coefficient (Wildman–Crippen LogP) is 3.27. The Hall–Kier alpha value is -1.09. The van der Waals surface area contributed by atoms with E-state index in [1.807, 2.05) is 0 Å². The molecule has 1 aromatic carbocycles. The highest BCUT2D eigenvalue weighted by atomic mass is 32.2. The fourth-order valence-electron chi connectivity index (χ4n) is 3.30. The second-order valence-electron chi connectivity index (χ2n) is 6.52. The Morgan fingerprint density at radius 1 is 1.20 bits per heavy atom. The lowest BCUT2D eigenvalue weighted by Gasteiger charge is -2.25. The van der Waals surface area contributed by atoms with E-state index in [0.29, 0.717) is 34.3 Å². The average Bonchev–Trinajstić information content (AvgIpc) is 3.29. The van der Waals surface area contributed by atoms with Crippen molar-refractivity contribution in [3.05, 3.63) is 18.2 Å². The van der Waals surface area contributed by atoms with E-state index in [0.717, 1.165) is 44.5 Å². The van der Waals surface area contributed by atoms with E-state index in [2.05, 4.69) is 4.98 Å². The quantitative estimate of drug-likeness (QED) is 0.739. The van der Waals surface area contributed by atoms with Crippen LogP contribution < -0.4 is 0 Å². The molecule has 2 aliphatic rings. The fraction of sp³-hybridized carbons (Fsp3) is 0.588. The minimum absolute atomic E-state index is 0.259. The first-order valence-electron chi connectivity index (χ1n) is 8.78. The third-order valence-electron chi connectivity index (χ3n) is 4.71. The van der Waals surface area contributed by atoms with Crippen LogP contribution in [0.15, 0.2) is 32.7 Å². The number of ether oxygens (including phenoxy) is 1. The summed E-state index contributed by atoms with van der Waals surface area (Å²) in [4.78, 5) is 4.75. The summed E-state index contributed by atoms with van der Waals surface area (Å²) < 4.78 is 38.5. The third-order valence-corrected chi connectivity index (χ3v) is 7.56. The molecule has 0 spiro atoms. The standard InChI is InChI=1S/C17H22N2O4S2/c20-25(21,19-8-2-1-3-9-19)14-6-7-16-15(11-14)18-17(23-16)24-12-13-5-4-10-22-13/h6-7,11,13H,1-5,8-10,12H2/t13-/m0/s1. The van der Waals surface area contributed by atoms with Gasteiger partial charge < -0.3 is 9.15 Å². The van der Waals surface area contributed by atoms with E-state index in [-0.39, 0.29) is 6.10 Å². The van der Waals surface area contributed by atoms with Gasteiger partial charge in [0.1, 0.15) is 5.52 Å². The van der Waals surface area contributed by atoms with E-state index in [9.17, 15) is 8.42 Å². The highest BCUT2D eigenvalue weighted by Crippen LogP contribution is 2.29. The van der Waals surface area contributed by atoms with Crippen molar-refractivity contribution in [2.24, 2.45) is 0 Å². The summed E-state index contributed by atoms with van der Waals surface area (Å²) in [6.45, 7) is 2.03. The zero-order chi connectivity index (χ0) is 17.3. The van der Waals surface area contributed by atoms with E-state index in [1.165, 1.54) is 11.8 Å². The smallest absolute Gasteiger partial charge is 0.256 e. The van der Waals surface area contributed by atoms with Crippen molar-refractivity contribution in [3.63, 3.8) is 0 Å². The molecule has 2 aliphatic heterocycles. The Morgan fingerprint density at radius 3 is 2.80 bits per heavy atom. The topological polar surface area (TPSA) is 72.6 Å². The maximum Gasteiger partial charge on any atom is 0.256 e. The van der Waals surface area contributed by atoms with Crippen molar-refractivity contribution in [2.45, 2.75) is 48.3 Å². The first-order chi connectivity index (χ1) is 12.1. The normalized spacial score (nSPS) is 22.6. The minimum atomic E-state index is -3.44. The molecule has 0 unspecified atom stereocenters. The Morgan fingerprint density at radius 2 is 2.04 bits per heavy atom. The number of hydrogen-bond acceptors (Lipinski definition) is 6. The number of hydrogen-bond donors (Lipinski definition) is 0. The molecule has 0 bridgehead atoms. The Balaban J connectivity index is 1.53. The van der Waals surface area contributed by atoms with Gasteiger partial charge in [-0.3, -0.25) is 0 Å². The number of nitrogens with zero attached hydrogens (tertiary/aromatic N) is 2. The van der Waals surface area contributed by atoms with E-state index >= 15 is 0 Å². The van der Waals surface area contributed by atoms with Gasteiger partial charge in [0, 0.05) is 25.4 Å². The van der Waals surface area contributed by atoms with Crippen molar-refractivity contribution in [1.82, 2.24) is 9.29 Å². The molecular weight excluding hydrogens is 360 g/mol. The summed E-state index contributed by atoms with van der Waals surface area (Å²) in [5.41, 5.74) is 1.21. The summed E-state index contributed by atoms with van der Waals surface area (Å²) in [5.74, 6) is 0.811. The summed E-state index contributed by atoms with van der Waals surface area (Å²) in [7, 11) is -3.44. The molecular formula is C17H22N2O4S2. The molecule has 25 heavy (non-hydrogen) atoms. The fourth-order valence-corrected chi connectivity index (χ4v) is 5.74. The number of benzene rings is 1. The molecule has 4 rings (SSSR count). The van der Waals surface area contributed by atoms with Gasteiger partial charge in [-0.1, -0.05) is 18.2 Å². The lowest BCUT2D eigenvalue weighted by Crippen LogP contribution is -2.35. The molecule has 6 nitrogen and oxygen atoms in total. The largest absolute Gasteiger partial charge is 0.431 e. The molecule has 8 heteroatoms. The zero-order valence-corrected chi connectivity index (χ0v) is 15.7. The Bertz CT molecular complexity index is 837. The van der Waals surface area contributed by atoms with Crippen molar-refractivity contribution >= 4 is 32.9 Å². The van der Waals surface area contributed by atoms with E-state index in [4.69, 9.17) is 9.15 Å². The van der Waals surface area contributed by atoms with Gasteiger partial charge in [0.15, 0.2) is 5.58 Å². The van der Waals surface area contributed by atoms with Gasteiger partial charge in [0.2, 0.25) is 10.0 Å². The van der Waals surface area contributed by atoms with Crippen LogP contribution in [0.4, 0.5) is 0 Å². The van der Waals surface area contributed by atoms with Gasteiger partial charge in [0.25, 0.3) is 5.22 Å². The first-order valence-corrected chi connectivity index (χ1v) is 11.2. The van der Waals surface area contributed by atoms with Crippen LogP contribution in [0.25, 0.3) is 11.1 Å². The molecule has 2 saturated heterocycles. The highest BCUT2D eigenvalue weighted by molar-refractivity contribution is 7.99. The van der Waals surface area contributed by atoms with Crippen molar-refractivity contribution in [1.29, 1.82) is 0 Å². The van der Waals surface area contributed by atoms with Gasteiger partial charge in [-0.2, -0.15) is 4.31 Å². The maximum atomic E-state index is 12.8. The monoisotopic (exact) mass is 382 g/mol. The van der Waals surface area contributed by atoms with Crippen LogP contribution in [-0.4, -0.2) is 49.3 Å². The molecule has 136 valence electrons. The summed E-state index contributed by atoms with van der Waals surface area (Å²) in [6.07, 6.45) is 5.39. The highest BCUT2D eigenvalue weighted by Gasteiger charge is 2.26. The molecule has 0 N–H and O–H groups in total. The first kappa shape index (κ1) is 17.3. The molecule has 1 aromatic heterocycles. The third kappa shape index (κ3) is 3.72. The molecule has 0 aliphatic carbocycles. The predicted molar refractivity (Wildman–Crippen MR) is 96.3 cm³/mol. The van der Waals surface area contributed by atoms with Crippen LogP contribution in [0.2, 0.25) is 0 Å². The lowest BCUT2D eigenvalue weighted by molar-refractivity contribution is 0.128. The van der Waals surface area contributed by atoms with Crippen molar-refractivity contribution in [2.75, 3.05) is 25.4 Å². The minimum Gasteiger partial charge on any atom is -0.431 e.